The number of hydrogen-bond donors (Lipinski definition) is 3. The number of carbonyl (C=O) groups excluding carboxylic acids is 4. The molecule has 40 heavy (non-hydrogen) atoms. The molecule has 12 heteroatoms. The van der Waals surface area contributed by atoms with E-state index in [4.69, 9.17) is 9.47 Å². The molecule has 11 nitrogen and oxygen atoms in total. The molecule has 1 aliphatic rings. The van der Waals surface area contributed by atoms with Gasteiger partial charge in [0.15, 0.2) is 0 Å². The molecule has 0 aromatic heterocycles. The van der Waals surface area contributed by atoms with Crippen molar-refractivity contribution in [2.24, 2.45) is 5.92 Å². The summed E-state index contributed by atoms with van der Waals surface area (Å²) in [4.78, 5) is 64.4. The van der Waals surface area contributed by atoms with Crippen molar-refractivity contribution in [2.75, 3.05) is 18.7 Å². The number of hydrogen-bond acceptors (Lipinski definition) is 8. The Balaban J connectivity index is 1.65. The highest BCUT2D eigenvalue weighted by Crippen LogP contribution is 2.24. The maximum absolute atomic E-state index is 13.5. The Hall–Kier alpha value is -4.06. The van der Waals surface area contributed by atoms with Crippen LogP contribution in [-0.2, 0) is 36.9 Å². The number of thioether (sulfide) groups is 1. The molecule has 1 fully saturated rings. The van der Waals surface area contributed by atoms with E-state index in [1.54, 1.807) is 75.6 Å². The van der Waals surface area contributed by atoms with E-state index in [1.165, 1.54) is 16.7 Å². The summed E-state index contributed by atoms with van der Waals surface area (Å²) in [5.74, 6) is -3.14. The Morgan fingerprint density at radius 2 is 1.68 bits per heavy atom. The van der Waals surface area contributed by atoms with Gasteiger partial charge in [-0.1, -0.05) is 56.3 Å². The average molecular weight is 572 g/mol. The Morgan fingerprint density at radius 1 is 1.00 bits per heavy atom. The van der Waals surface area contributed by atoms with Gasteiger partial charge in [0, 0.05) is 12.2 Å². The lowest BCUT2D eigenvalue weighted by molar-refractivity contribution is -0.150. The van der Waals surface area contributed by atoms with Gasteiger partial charge in [0.2, 0.25) is 11.8 Å². The molecule has 0 spiro atoms. The number of alkyl carbamates (subject to hydrolysis) is 1. The van der Waals surface area contributed by atoms with Gasteiger partial charge >= 0.3 is 12.1 Å². The number of aliphatic carboxylic acids is 1. The van der Waals surface area contributed by atoms with Crippen LogP contribution in [0, 0.1) is 5.92 Å². The quantitative estimate of drug-likeness (QED) is 0.326. The standard InChI is InChI=1S/C28H33N3O8S/c1-17(2)23(30-28(37)39-14-19-9-11-20(38-3)12-10-19)26(34)31-16-40-15-22(31)25(33)29-21(24(32)27(35)36)13-18-7-5-4-6-8-18/h4-12,17,21-23H,13-16H2,1-3H3,(H,29,33)(H,30,37)(H,35,36)/t21-,22-,23-/m0/s1. The molecule has 3 N–H and O–H groups in total. The molecule has 0 radical (unpaired) electrons. The smallest absolute Gasteiger partial charge is 0.408 e. The normalized spacial score (nSPS) is 16.1. The van der Waals surface area contributed by atoms with E-state index in [0.29, 0.717) is 11.3 Å². The number of carboxylic acid groups (broad SMARTS) is 1. The lowest BCUT2D eigenvalue weighted by Gasteiger charge is -2.30. The first-order chi connectivity index (χ1) is 19.1. The van der Waals surface area contributed by atoms with Crippen LogP contribution in [0.15, 0.2) is 54.6 Å². The molecule has 0 saturated carbocycles. The van der Waals surface area contributed by atoms with Crippen molar-refractivity contribution in [3.8, 4) is 5.75 Å². The lowest BCUT2D eigenvalue weighted by Crippen LogP contribution is -2.57. The summed E-state index contributed by atoms with van der Waals surface area (Å²) >= 11 is 1.34. The molecule has 3 amide bonds. The van der Waals surface area contributed by atoms with Gasteiger partial charge in [0.1, 0.15) is 30.5 Å². The van der Waals surface area contributed by atoms with E-state index in [2.05, 4.69) is 10.6 Å². The van der Waals surface area contributed by atoms with Gasteiger partial charge in [-0.3, -0.25) is 14.4 Å². The van der Waals surface area contributed by atoms with Crippen LogP contribution in [-0.4, -0.2) is 76.5 Å². The molecule has 214 valence electrons. The SMILES string of the molecule is COc1ccc(COC(=O)N[C@H](C(=O)N2CSC[C@H]2C(=O)N[C@@H](Cc2ccccc2)C(=O)C(=O)O)C(C)C)cc1. The van der Waals surface area contributed by atoms with Crippen LogP contribution in [0.3, 0.4) is 0 Å². The zero-order chi connectivity index (χ0) is 29.2. The molecule has 3 atom stereocenters. The van der Waals surface area contributed by atoms with Gasteiger partial charge in [-0.25, -0.2) is 9.59 Å². The Bertz CT molecular complexity index is 1210. The van der Waals surface area contributed by atoms with Crippen LogP contribution < -0.4 is 15.4 Å². The maximum atomic E-state index is 13.5. The fourth-order valence-corrected chi connectivity index (χ4v) is 5.25. The highest BCUT2D eigenvalue weighted by Gasteiger charge is 2.40. The number of ether oxygens (including phenoxy) is 2. The van der Waals surface area contributed by atoms with E-state index in [-0.39, 0.29) is 30.6 Å². The molecule has 3 rings (SSSR count). The number of carboxylic acids is 1. The third-order valence-corrected chi connectivity index (χ3v) is 7.34. The monoisotopic (exact) mass is 571 g/mol. The van der Waals surface area contributed by atoms with Gasteiger partial charge in [0.25, 0.3) is 5.78 Å². The van der Waals surface area contributed by atoms with Gasteiger partial charge in [-0.15, -0.1) is 11.8 Å². The fourth-order valence-electron chi connectivity index (χ4n) is 4.08. The van der Waals surface area contributed by atoms with E-state index in [1.807, 2.05) is 0 Å². The van der Waals surface area contributed by atoms with Gasteiger partial charge in [-0.2, -0.15) is 0 Å². The third-order valence-electron chi connectivity index (χ3n) is 6.33. The van der Waals surface area contributed by atoms with Crippen molar-refractivity contribution in [3.63, 3.8) is 0 Å². The second-order valence-corrected chi connectivity index (χ2v) is 10.5. The number of benzene rings is 2. The zero-order valence-electron chi connectivity index (χ0n) is 22.5. The summed E-state index contributed by atoms with van der Waals surface area (Å²) in [7, 11) is 1.55. The number of Topliss-reactive ketones (excluding diaryl/α,β-unsaturated/α-hetero) is 1. The van der Waals surface area contributed by atoms with Crippen molar-refractivity contribution in [1.29, 1.82) is 0 Å². The summed E-state index contributed by atoms with van der Waals surface area (Å²) in [6.45, 7) is 3.50. The minimum absolute atomic E-state index is 0.0122. The molecule has 1 saturated heterocycles. The minimum Gasteiger partial charge on any atom is -0.497 e. The van der Waals surface area contributed by atoms with Crippen molar-refractivity contribution in [3.05, 3.63) is 65.7 Å². The number of nitrogens with one attached hydrogen (secondary N) is 2. The average Bonchev–Trinajstić information content (AvgIpc) is 3.44. The number of carbonyl (C=O) groups is 5. The number of methoxy groups -OCH3 is 1. The van der Waals surface area contributed by atoms with Crippen LogP contribution >= 0.6 is 11.8 Å². The van der Waals surface area contributed by atoms with Crippen molar-refractivity contribution in [2.45, 2.75) is 45.0 Å². The van der Waals surface area contributed by atoms with Crippen LogP contribution in [0.25, 0.3) is 0 Å². The maximum Gasteiger partial charge on any atom is 0.408 e. The topological polar surface area (TPSA) is 151 Å². The molecule has 2 aromatic rings. The van der Waals surface area contributed by atoms with Gasteiger partial charge in [0.05, 0.1) is 13.0 Å². The van der Waals surface area contributed by atoms with Crippen molar-refractivity contribution >= 4 is 41.4 Å². The number of rotatable bonds is 12. The Kier molecular flexibility index (Phi) is 10.9. The molecule has 0 unspecified atom stereocenters. The third kappa shape index (κ3) is 8.22. The van der Waals surface area contributed by atoms with E-state index in [0.717, 1.165) is 5.56 Å². The minimum atomic E-state index is -1.66. The van der Waals surface area contributed by atoms with E-state index >= 15 is 0 Å². The second kappa shape index (κ2) is 14.4. The van der Waals surface area contributed by atoms with Crippen LogP contribution in [0.1, 0.15) is 25.0 Å². The van der Waals surface area contributed by atoms with Gasteiger partial charge in [-0.05, 0) is 29.2 Å². The fraction of sp³-hybridized carbons (Fsp3) is 0.393. The molecule has 1 aliphatic heterocycles. The molecule has 1 heterocycles. The summed E-state index contributed by atoms with van der Waals surface area (Å²) in [5, 5.41) is 14.4. The largest absolute Gasteiger partial charge is 0.497 e. The van der Waals surface area contributed by atoms with Crippen LogP contribution in [0.5, 0.6) is 5.75 Å². The predicted octanol–water partition coefficient (Wildman–Crippen LogP) is 2.23. The number of nitrogens with zero attached hydrogens (tertiary/aromatic N) is 1. The lowest BCUT2D eigenvalue weighted by atomic mass is 10.0. The summed E-state index contributed by atoms with van der Waals surface area (Å²) in [6.07, 6.45) is -0.799. The number of ketones is 1. The highest BCUT2D eigenvalue weighted by atomic mass is 32.2. The highest BCUT2D eigenvalue weighted by molar-refractivity contribution is 7.99. The summed E-state index contributed by atoms with van der Waals surface area (Å²) in [5.41, 5.74) is 1.41. The zero-order valence-corrected chi connectivity index (χ0v) is 23.3. The summed E-state index contributed by atoms with van der Waals surface area (Å²) in [6, 6.07) is 12.5. The van der Waals surface area contributed by atoms with Crippen LogP contribution in [0.4, 0.5) is 4.79 Å². The van der Waals surface area contributed by atoms with Gasteiger partial charge < -0.3 is 30.1 Å². The van der Waals surface area contributed by atoms with E-state index in [9.17, 15) is 29.1 Å². The second-order valence-electron chi connectivity index (χ2n) is 9.53. The van der Waals surface area contributed by atoms with Crippen LogP contribution in [0.2, 0.25) is 0 Å². The molecule has 0 aliphatic carbocycles. The molecule has 2 aromatic carbocycles. The summed E-state index contributed by atoms with van der Waals surface area (Å²) < 4.78 is 10.4. The molecular weight excluding hydrogens is 538 g/mol. The first kappa shape index (κ1) is 30.5. The van der Waals surface area contributed by atoms with Crippen molar-refractivity contribution in [1.82, 2.24) is 15.5 Å². The Labute approximate surface area is 236 Å². The van der Waals surface area contributed by atoms with Crippen molar-refractivity contribution < 1.29 is 38.6 Å². The van der Waals surface area contributed by atoms with E-state index < -0.39 is 47.8 Å². The predicted molar refractivity (Wildman–Crippen MR) is 148 cm³/mol. The Morgan fingerprint density at radius 3 is 2.27 bits per heavy atom. The molecule has 0 bridgehead atoms. The number of amides is 3. The molecular formula is C28H33N3O8S. The first-order valence-electron chi connectivity index (χ1n) is 12.7. The first-order valence-corrected chi connectivity index (χ1v) is 13.8.